The molecule has 4 heteroatoms. The van der Waals surface area contributed by atoms with Crippen LogP contribution in [0.2, 0.25) is 0 Å². The lowest BCUT2D eigenvalue weighted by atomic mass is 10.1. The molecule has 1 aliphatic rings. The van der Waals surface area contributed by atoms with Crippen LogP contribution in [0, 0.1) is 13.8 Å². The van der Waals surface area contributed by atoms with E-state index in [0.717, 1.165) is 25.9 Å². The van der Waals surface area contributed by atoms with Gasteiger partial charge in [-0.05, 0) is 45.2 Å². The summed E-state index contributed by atoms with van der Waals surface area (Å²) in [5.74, 6) is 0.170. The molecule has 0 aromatic heterocycles. The number of nitrogens with one attached hydrogen (secondary N) is 2. The third-order valence-corrected chi connectivity index (χ3v) is 3.61. The topological polar surface area (TPSA) is 41.1 Å². The van der Waals surface area contributed by atoms with Gasteiger partial charge in [0.1, 0.15) is 0 Å². The van der Waals surface area contributed by atoms with Gasteiger partial charge in [0, 0.05) is 19.0 Å². The first-order valence-electron chi connectivity index (χ1n) is 7.21. The van der Waals surface area contributed by atoms with Gasteiger partial charge in [-0.1, -0.05) is 29.3 Å². The molecule has 0 radical (unpaired) electrons. The molecule has 2 rings (SSSR count). The van der Waals surface area contributed by atoms with E-state index in [9.17, 15) is 4.79 Å². The normalized spacial score (nSPS) is 17.6. The second-order valence-electron chi connectivity index (χ2n) is 5.59. The summed E-state index contributed by atoms with van der Waals surface area (Å²) in [6.07, 6.45) is 3.85. The van der Waals surface area contributed by atoms with Crippen molar-refractivity contribution >= 4 is 18.3 Å². The van der Waals surface area contributed by atoms with E-state index in [1.54, 1.807) is 0 Å². The van der Waals surface area contributed by atoms with Gasteiger partial charge in [-0.25, -0.2) is 0 Å². The molecule has 1 aromatic carbocycles. The van der Waals surface area contributed by atoms with E-state index < -0.39 is 0 Å². The first-order valence-corrected chi connectivity index (χ1v) is 7.21. The minimum absolute atomic E-state index is 0. The van der Waals surface area contributed by atoms with Gasteiger partial charge in [0.25, 0.3) is 0 Å². The van der Waals surface area contributed by atoms with Crippen LogP contribution in [0.4, 0.5) is 0 Å². The van der Waals surface area contributed by atoms with Crippen LogP contribution in [0.15, 0.2) is 18.2 Å². The van der Waals surface area contributed by atoms with Crippen molar-refractivity contribution in [1.29, 1.82) is 0 Å². The van der Waals surface area contributed by atoms with E-state index in [0.29, 0.717) is 12.5 Å². The minimum atomic E-state index is 0. The van der Waals surface area contributed by atoms with E-state index in [1.807, 2.05) is 0 Å². The Balaban J connectivity index is 0.00000200. The maximum absolute atomic E-state index is 11.8. The summed E-state index contributed by atoms with van der Waals surface area (Å²) >= 11 is 0. The molecule has 1 atom stereocenters. The molecule has 2 N–H and O–H groups in total. The molecule has 1 aromatic rings. The molecule has 1 fully saturated rings. The van der Waals surface area contributed by atoms with Crippen LogP contribution in [0.3, 0.4) is 0 Å². The number of hydrogen-bond acceptors (Lipinski definition) is 2. The molecule has 0 aliphatic carbocycles. The van der Waals surface area contributed by atoms with Crippen LogP contribution in [0.25, 0.3) is 0 Å². The van der Waals surface area contributed by atoms with Gasteiger partial charge in [0.15, 0.2) is 0 Å². The Morgan fingerprint density at radius 3 is 2.60 bits per heavy atom. The van der Waals surface area contributed by atoms with Crippen LogP contribution in [0.5, 0.6) is 0 Å². The number of aryl methyl sites for hydroxylation is 2. The quantitative estimate of drug-likeness (QED) is 0.877. The molecule has 0 saturated carbocycles. The van der Waals surface area contributed by atoms with Crippen molar-refractivity contribution < 1.29 is 4.79 Å². The summed E-state index contributed by atoms with van der Waals surface area (Å²) in [6, 6.07) is 6.95. The first kappa shape index (κ1) is 17.0. The van der Waals surface area contributed by atoms with E-state index >= 15 is 0 Å². The van der Waals surface area contributed by atoms with E-state index in [-0.39, 0.29) is 18.3 Å². The maximum atomic E-state index is 11.8. The molecule has 3 nitrogen and oxygen atoms in total. The van der Waals surface area contributed by atoms with Crippen molar-refractivity contribution in [3.8, 4) is 0 Å². The highest BCUT2D eigenvalue weighted by molar-refractivity contribution is 5.85. The van der Waals surface area contributed by atoms with Crippen molar-refractivity contribution in [1.82, 2.24) is 10.6 Å². The van der Waals surface area contributed by atoms with Crippen LogP contribution in [-0.4, -0.2) is 25.0 Å². The van der Waals surface area contributed by atoms with Crippen molar-refractivity contribution in [2.45, 2.75) is 45.6 Å². The summed E-state index contributed by atoms with van der Waals surface area (Å²) in [6.45, 7) is 6.01. The molecule has 1 unspecified atom stereocenters. The predicted molar refractivity (Wildman–Crippen MR) is 85.5 cm³/mol. The number of halogens is 1. The lowest BCUT2D eigenvalue weighted by Crippen LogP contribution is -2.32. The Morgan fingerprint density at radius 2 is 2.00 bits per heavy atom. The molecule has 0 spiro atoms. The third-order valence-electron chi connectivity index (χ3n) is 3.61. The minimum Gasteiger partial charge on any atom is -0.356 e. The molecule has 0 bridgehead atoms. The summed E-state index contributed by atoms with van der Waals surface area (Å²) in [4.78, 5) is 11.8. The Morgan fingerprint density at radius 1 is 1.30 bits per heavy atom. The third kappa shape index (κ3) is 5.51. The monoisotopic (exact) mass is 296 g/mol. The Labute approximate surface area is 127 Å². The van der Waals surface area contributed by atoms with Crippen LogP contribution < -0.4 is 10.6 Å². The molecule has 1 saturated heterocycles. The molecule has 1 amide bonds. The van der Waals surface area contributed by atoms with E-state index in [2.05, 4.69) is 42.7 Å². The zero-order chi connectivity index (χ0) is 13.7. The summed E-state index contributed by atoms with van der Waals surface area (Å²) in [5, 5.41) is 6.37. The van der Waals surface area contributed by atoms with Crippen LogP contribution >= 0.6 is 12.4 Å². The fourth-order valence-corrected chi connectivity index (χ4v) is 2.79. The van der Waals surface area contributed by atoms with Gasteiger partial charge in [-0.2, -0.15) is 0 Å². The number of carbonyl (C=O) groups excluding carboxylic acids is 1. The van der Waals surface area contributed by atoms with Crippen LogP contribution in [-0.2, 0) is 11.2 Å². The van der Waals surface area contributed by atoms with Crippen molar-refractivity contribution in [3.05, 3.63) is 34.9 Å². The van der Waals surface area contributed by atoms with Gasteiger partial charge in [-0.15, -0.1) is 12.4 Å². The first-order chi connectivity index (χ1) is 9.13. The largest absolute Gasteiger partial charge is 0.356 e. The van der Waals surface area contributed by atoms with Gasteiger partial charge in [0.05, 0.1) is 0 Å². The average Bonchev–Trinajstić information content (AvgIpc) is 2.80. The zero-order valence-corrected chi connectivity index (χ0v) is 13.2. The number of carbonyl (C=O) groups is 1. The number of amides is 1. The molecule has 1 heterocycles. The summed E-state index contributed by atoms with van der Waals surface area (Å²) in [7, 11) is 0. The Bertz CT molecular complexity index is 422. The lowest BCUT2D eigenvalue weighted by molar-refractivity contribution is -0.121. The second-order valence-corrected chi connectivity index (χ2v) is 5.59. The predicted octanol–water partition coefficient (Wildman–Crippen LogP) is 2.53. The van der Waals surface area contributed by atoms with Gasteiger partial charge < -0.3 is 10.6 Å². The number of benzene rings is 1. The Hall–Kier alpha value is -1.06. The molecule has 20 heavy (non-hydrogen) atoms. The van der Waals surface area contributed by atoms with Crippen molar-refractivity contribution in [2.75, 3.05) is 13.1 Å². The highest BCUT2D eigenvalue weighted by Crippen LogP contribution is 2.10. The van der Waals surface area contributed by atoms with Gasteiger partial charge in [0.2, 0.25) is 5.91 Å². The molecule has 1 aliphatic heterocycles. The highest BCUT2D eigenvalue weighted by Gasteiger charge is 2.17. The number of rotatable bonds is 5. The molecular formula is C16H25ClN2O. The lowest BCUT2D eigenvalue weighted by Gasteiger charge is -2.11. The highest BCUT2D eigenvalue weighted by atomic mass is 35.5. The van der Waals surface area contributed by atoms with Gasteiger partial charge >= 0.3 is 0 Å². The molecule has 112 valence electrons. The van der Waals surface area contributed by atoms with Crippen molar-refractivity contribution in [2.24, 2.45) is 0 Å². The summed E-state index contributed by atoms with van der Waals surface area (Å²) < 4.78 is 0. The Kier molecular flexibility index (Phi) is 7.03. The fraction of sp³-hybridized carbons (Fsp3) is 0.562. The van der Waals surface area contributed by atoms with Crippen LogP contribution in [0.1, 0.15) is 36.0 Å². The number of hydrogen-bond donors (Lipinski definition) is 2. The second kappa shape index (κ2) is 8.28. The van der Waals surface area contributed by atoms with E-state index in [4.69, 9.17) is 0 Å². The maximum Gasteiger partial charge on any atom is 0.221 e. The van der Waals surface area contributed by atoms with Crippen molar-refractivity contribution in [3.63, 3.8) is 0 Å². The van der Waals surface area contributed by atoms with E-state index in [1.165, 1.54) is 23.1 Å². The smallest absolute Gasteiger partial charge is 0.221 e. The molecular weight excluding hydrogens is 272 g/mol. The standard InChI is InChI=1S/C16H24N2O.ClH/c1-12-8-13(2)10-14(9-12)5-7-18-16(19)11-15-4-3-6-17-15;/h8-10,15,17H,3-7,11H2,1-2H3,(H,18,19);1H. The summed E-state index contributed by atoms with van der Waals surface area (Å²) in [5.41, 5.74) is 3.88. The zero-order valence-electron chi connectivity index (χ0n) is 12.4. The van der Waals surface area contributed by atoms with Gasteiger partial charge in [-0.3, -0.25) is 4.79 Å². The fourth-order valence-electron chi connectivity index (χ4n) is 2.79. The average molecular weight is 297 g/mol. The SMILES string of the molecule is Cc1cc(C)cc(CCNC(=O)CC2CCCN2)c1.Cl.